The molecule has 2 aliphatic rings. The number of nitrogens with zero attached hydrogens (tertiary/aromatic N) is 1. The number of ether oxygens (including phenoxy) is 2. The van der Waals surface area contributed by atoms with Crippen molar-refractivity contribution in [3.63, 3.8) is 0 Å². The molecule has 2 atom stereocenters. The lowest BCUT2D eigenvalue weighted by atomic mass is 9.78. The predicted octanol–water partition coefficient (Wildman–Crippen LogP) is 12.7. The molecule has 5 aromatic rings. The standard InChI is InChI=1S/C54H61ClN2O5/c1-57(2)52(59)50(56-53(60)61-38-47-45-29-19-17-27-43(45)44-28-18-20-30-46(44)47)37-51(58)62-54(41-25-15-12-16-26-41,48-31-21-22-32-49(48)55)42-35-33-40(34-36-42)39-23-13-10-8-6-4-3-5-7-9-11-14-24-39/h12,15-22,25-36,39,47,50H,3-11,13-14,23-24,37-38H2,1-2H3,(H,56,60)/t50-,54?/m0/s1. The highest BCUT2D eigenvalue weighted by atomic mass is 35.5. The van der Waals surface area contributed by atoms with E-state index in [1.165, 1.54) is 81.1 Å². The van der Waals surface area contributed by atoms with Crippen LogP contribution in [0.3, 0.4) is 0 Å². The molecular weight excluding hydrogens is 792 g/mol. The SMILES string of the molecule is CN(C)C(=O)[C@H](CC(=O)OC(c1ccccc1)(c1ccc(C2CCCCCCCCCCCCC2)cc1)c1ccccc1Cl)NC(=O)OCC1c2ccccc2-c2ccccc21. The lowest BCUT2D eigenvalue weighted by Crippen LogP contribution is -2.48. The number of esters is 1. The quantitative estimate of drug-likeness (QED) is 0.106. The van der Waals surface area contributed by atoms with Gasteiger partial charge in [0.2, 0.25) is 5.91 Å². The van der Waals surface area contributed by atoms with Crippen molar-refractivity contribution in [2.24, 2.45) is 0 Å². The van der Waals surface area contributed by atoms with Gasteiger partial charge in [0.1, 0.15) is 12.6 Å². The highest BCUT2D eigenvalue weighted by molar-refractivity contribution is 6.31. The molecule has 0 bridgehead atoms. The first kappa shape index (κ1) is 44.6. The molecule has 0 aliphatic heterocycles. The number of halogens is 1. The number of nitrogens with one attached hydrogen (secondary N) is 1. The summed E-state index contributed by atoms with van der Waals surface area (Å²) in [6, 6.07) is 40.5. The van der Waals surface area contributed by atoms with E-state index in [1.54, 1.807) is 20.2 Å². The summed E-state index contributed by atoms with van der Waals surface area (Å²) in [6.07, 6.45) is 15.4. The maximum Gasteiger partial charge on any atom is 0.407 e. The van der Waals surface area contributed by atoms with Gasteiger partial charge < -0.3 is 19.7 Å². The lowest BCUT2D eigenvalue weighted by Gasteiger charge is -2.36. The van der Waals surface area contributed by atoms with Crippen LogP contribution < -0.4 is 5.32 Å². The van der Waals surface area contributed by atoms with E-state index >= 15 is 0 Å². The fourth-order valence-electron chi connectivity index (χ4n) is 9.58. The van der Waals surface area contributed by atoms with Crippen LogP contribution in [0.1, 0.15) is 135 Å². The summed E-state index contributed by atoms with van der Waals surface area (Å²) in [4.78, 5) is 43.2. The van der Waals surface area contributed by atoms with E-state index in [4.69, 9.17) is 21.1 Å². The Bertz CT molecular complexity index is 2200. The van der Waals surface area contributed by atoms with Crippen LogP contribution in [0, 0.1) is 0 Å². The molecule has 0 aromatic heterocycles. The second-order valence-corrected chi connectivity index (χ2v) is 17.7. The molecular formula is C54H61ClN2O5. The first-order valence-corrected chi connectivity index (χ1v) is 23.1. The summed E-state index contributed by atoms with van der Waals surface area (Å²) in [5.41, 5.74) is 6.19. The summed E-state index contributed by atoms with van der Waals surface area (Å²) >= 11 is 7.05. The van der Waals surface area contributed by atoms with Crippen LogP contribution in [-0.2, 0) is 24.7 Å². The van der Waals surface area contributed by atoms with E-state index in [0.29, 0.717) is 22.1 Å². The van der Waals surface area contributed by atoms with Crippen LogP contribution in [0.2, 0.25) is 5.02 Å². The maximum absolute atomic E-state index is 14.6. The average Bonchev–Trinajstić information content (AvgIpc) is 3.61. The average molecular weight is 854 g/mol. The van der Waals surface area contributed by atoms with Crippen LogP contribution in [0.25, 0.3) is 11.1 Å². The summed E-state index contributed by atoms with van der Waals surface area (Å²) < 4.78 is 12.6. The normalized spacial score (nSPS) is 16.7. The smallest absolute Gasteiger partial charge is 0.407 e. The molecule has 2 amide bonds. The number of rotatable bonds is 11. The highest BCUT2D eigenvalue weighted by Crippen LogP contribution is 2.46. The Morgan fingerprint density at radius 2 is 1.15 bits per heavy atom. The van der Waals surface area contributed by atoms with Crippen molar-refractivity contribution < 1.29 is 23.9 Å². The number of carbonyl (C=O) groups is 3. The zero-order chi connectivity index (χ0) is 43.3. The van der Waals surface area contributed by atoms with Crippen LogP contribution in [0.5, 0.6) is 0 Å². The number of carbonyl (C=O) groups excluding carboxylic acids is 3. The van der Waals surface area contributed by atoms with E-state index in [1.807, 2.05) is 84.9 Å². The van der Waals surface area contributed by atoms with Gasteiger partial charge in [0.15, 0.2) is 5.60 Å². The van der Waals surface area contributed by atoms with E-state index < -0.39 is 36.0 Å². The molecule has 7 rings (SSSR count). The number of fused-ring (bicyclic) bond motifs is 3. The maximum atomic E-state index is 14.6. The van der Waals surface area contributed by atoms with Gasteiger partial charge >= 0.3 is 12.1 Å². The van der Waals surface area contributed by atoms with Crippen molar-refractivity contribution in [1.82, 2.24) is 10.2 Å². The third-order valence-electron chi connectivity index (χ3n) is 12.8. The first-order chi connectivity index (χ1) is 30.3. The number of likely N-dealkylation sites (N-methyl/N-ethyl adjacent to an activating group) is 1. The zero-order valence-electron chi connectivity index (χ0n) is 36.3. The molecule has 8 heteroatoms. The summed E-state index contributed by atoms with van der Waals surface area (Å²) in [6.45, 7) is 0.0632. The largest absolute Gasteiger partial charge is 0.449 e. The van der Waals surface area contributed by atoms with Gasteiger partial charge in [0.05, 0.1) is 6.42 Å². The minimum atomic E-state index is -1.48. The molecule has 1 N–H and O–H groups in total. The predicted molar refractivity (Wildman–Crippen MR) is 248 cm³/mol. The molecule has 0 saturated heterocycles. The van der Waals surface area contributed by atoms with Gasteiger partial charge in [0, 0.05) is 41.7 Å². The van der Waals surface area contributed by atoms with E-state index in [0.717, 1.165) is 40.7 Å². The van der Waals surface area contributed by atoms with E-state index in [-0.39, 0.29) is 12.5 Å². The van der Waals surface area contributed by atoms with Crippen LogP contribution in [0.15, 0.2) is 127 Å². The van der Waals surface area contributed by atoms with Crippen molar-refractivity contribution in [3.05, 3.63) is 166 Å². The fourth-order valence-corrected chi connectivity index (χ4v) is 9.85. The van der Waals surface area contributed by atoms with Gasteiger partial charge in [-0.1, -0.05) is 204 Å². The Morgan fingerprint density at radius 1 is 0.645 bits per heavy atom. The molecule has 1 saturated carbocycles. The van der Waals surface area contributed by atoms with Gasteiger partial charge in [-0.15, -0.1) is 0 Å². The van der Waals surface area contributed by atoms with Crippen molar-refractivity contribution in [3.8, 4) is 11.1 Å². The molecule has 0 heterocycles. The summed E-state index contributed by atoms with van der Waals surface area (Å²) in [7, 11) is 3.18. The lowest BCUT2D eigenvalue weighted by molar-refractivity contribution is -0.155. The van der Waals surface area contributed by atoms with Crippen LogP contribution in [0.4, 0.5) is 4.79 Å². The number of alkyl carbamates (subject to hydrolysis) is 1. The molecule has 1 fully saturated rings. The molecule has 324 valence electrons. The number of amides is 2. The molecule has 1 unspecified atom stereocenters. The monoisotopic (exact) mass is 852 g/mol. The number of benzene rings is 5. The van der Waals surface area contributed by atoms with Gasteiger partial charge in [0.25, 0.3) is 0 Å². The molecule has 62 heavy (non-hydrogen) atoms. The van der Waals surface area contributed by atoms with Crippen molar-refractivity contribution in [2.45, 2.75) is 113 Å². The highest BCUT2D eigenvalue weighted by Gasteiger charge is 2.43. The van der Waals surface area contributed by atoms with Crippen molar-refractivity contribution in [2.75, 3.05) is 20.7 Å². The fraction of sp³-hybridized carbons (Fsp3) is 0.389. The molecule has 5 aromatic carbocycles. The van der Waals surface area contributed by atoms with Gasteiger partial charge in [-0.25, -0.2) is 4.79 Å². The van der Waals surface area contributed by atoms with Gasteiger partial charge in [-0.3, -0.25) is 9.59 Å². The van der Waals surface area contributed by atoms with Crippen molar-refractivity contribution in [1.29, 1.82) is 0 Å². The van der Waals surface area contributed by atoms with Gasteiger partial charge in [-0.05, 0) is 52.6 Å². The molecule has 2 aliphatic carbocycles. The van der Waals surface area contributed by atoms with Gasteiger partial charge in [-0.2, -0.15) is 0 Å². The third kappa shape index (κ3) is 10.6. The van der Waals surface area contributed by atoms with Crippen LogP contribution >= 0.6 is 11.6 Å². The Hall–Kier alpha value is -5.40. The number of hydrogen-bond donors (Lipinski definition) is 1. The summed E-state index contributed by atoms with van der Waals surface area (Å²) in [5, 5.41) is 3.14. The van der Waals surface area contributed by atoms with Crippen LogP contribution in [-0.4, -0.2) is 49.6 Å². The second-order valence-electron chi connectivity index (χ2n) is 17.2. The van der Waals surface area contributed by atoms with Crippen molar-refractivity contribution >= 4 is 29.6 Å². The Balaban J connectivity index is 1.15. The molecule has 0 spiro atoms. The van der Waals surface area contributed by atoms with E-state index in [9.17, 15) is 14.4 Å². The third-order valence-corrected chi connectivity index (χ3v) is 13.2. The number of hydrogen-bond acceptors (Lipinski definition) is 5. The zero-order valence-corrected chi connectivity index (χ0v) is 37.1. The minimum Gasteiger partial charge on any atom is -0.449 e. The first-order valence-electron chi connectivity index (χ1n) is 22.7. The second kappa shape index (κ2) is 21.6. The Labute approximate surface area is 373 Å². The molecule has 0 radical (unpaired) electrons. The molecule has 7 nitrogen and oxygen atoms in total. The summed E-state index contributed by atoms with van der Waals surface area (Å²) in [5.74, 6) is -0.879. The van der Waals surface area contributed by atoms with E-state index in [2.05, 4.69) is 41.7 Å². The Morgan fingerprint density at radius 3 is 1.71 bits per heavy atom. The Kier molecular flexibility index (Phi) is 15.6. The topological polar surface area (TPSA) is 84.9 Å². The minimum absolute atomic E-state index is 0.0632.